The summed E-state index contributed by atoms with van der Waals surface area (Å²) in [6, 6.07) is 7.30. The van der Waals surface area contributed by atoms with E-state index in [0.717, 1.165) is 12.0 Å². The molecule has 0 aromatic heterocycles. The highest BCUT2D eigenvalue weighted by Crippen LogP contribution is 2.25. The number of ketones is 1. The minimum atomic E-state index is -0.499. The molecular formula is C18H26O3. The second-order valence-electron chi connectivity index (χ2n) is 7.09. The van der Waals surface area contributed by atoms with Gasteiger partial charge in [-0.1, -0.05) is 45.0 Å². The molecule has 0 unspecified atom stereocenters. The Morgan fingerprint density at radius 2 is 1.52 bits per heavy atom. The van der Waals surface area contributed by atoms with Crippen molar-refractivity contribution in [3.63, 3.8) is 0 Å². The van der Waals surface area contributed by atoms with Gasteiger partial charge in [-0.3, -0.25) is 9.59 Å². The van der Waals surface area contributed by atoms with Gasteiger partial charge in [0.2, 0.25) is 0 Å². The number of Topliss-reactive ketones (excluding diaryl/α,β-unsaturated/α-hetero) is 1. The first kappa shape index (κ1) is 17.4. The van der Waals surface area contributed by atoms with Crippen molar-refractivity contribution < 1.29 is 14.3 Å². The highest BCUT2D eigenvalue weighted by molar-refractivity contribution is 6.00. The van der Waals surface area contributed by atoms with Crippen LogP contribution < -0.4 is 0 Å². The summed E-state index contributed by atoms with van der Waals surface area (Å²) in [5.41, 5.74) is 0.743. The minimum Gasteiger partial charge on any atom is -0.460 e. The van der Waals surface area contributed by atoms with Crippen LogP contribution >= 0.6 is 0 Å². The van der Waals surface area contributed by atoms with Crippen LogP contribution in [0.4, 0.5) is 0 Å². The average molecular weight is 290 g/mol. The summed E-state index contributed by atoms with van der Waals surface area (Å²) in [4.78, 5) is 24.0. The summed E-state index contributed by atoms with van der Waals surface area (Å²) in [5, 5.41) is 0. The minimum absolute atomic E-state index is 0.142. The van der Waals surface area contributed by atoms with Crippen molar-refractivity contribution in [1.82, 2.24) is 0 Å². The molecule has 0 radical (unpaired) electrons. The topological polar surface area (TPSA) is 43.4 Å². The third kappa shape index (κ3) is 4.69. The zero-order valence-electron chi connectivity index (χ0n) is 13.9. The average Bonchev–Trinajstić information content (AvgIpc) is 2.43. The Hall–Kier alpha value is -1.64. The summed E-state index contributed by atoms with van der Waals surface area (Å²) in [6.45, 7) is 11.6. The predicted octanol–water partition coefficient (Wildman–Crippen LogP) is 4.39. The molecule has 3 heteroatoms. The first-order chi connectivity index (χ1) is 9.58. The first-order valence-corrected chi connectivity index (χ1v) is 7.39. The van der Waals surface area contributed by atoms with E-state index in [1.807, 2.05) is 53.7 Å². The van der Waals surface area contributed by atoms with Crippen LogP contribution in [0.3, 0.4) is 0 Å². The van der Waals surface area contributed by atoms with Crippen molar-refractivity contribution >= 4 is 11.8 Å². The predicted molar refractivity (Wildman–Crippen MR) is 84.1 cm³/mol. The Morgan fingerprint density at radius 3 is 1.95 bits per heavy atom. The van der Waals surface area contributed by atoms with Gasteiger partial charge < -0.3 is 4.74 Å². The quantitative estimate of drug-likeness (QED) is 0.596. The molecule has 1 rings (SSSR count). The van der Waals surface area contributed by atoms with E-state index in [-0.39, 0.29) is 23.8 Å². The number of hydrogen-bond acceptors (Lipinski definition) is 3. The SMILES string of the molecule is CCC(C)(C)C(=O)c1ccc(COC(=O)C(C)(C)C)cc1. The highest BCUT2D eigenvalue weighted by Gasteiger charge is 2.26. The standard InChI is InChI=1S/C18H26O3/c1-7-18(5,6)15(19)14-10-8-13(9-11-14)12-21-16(20)17(2,3)4/h8-11H,7,12H2,1-6H3. The number of rotatable bonds is 5. The number of carbonyl (C=O) groups excluding carboxylic acids is 2. The van der Waals surface area contributed by atoms with Crippen molar-refractivity contribution in [2.45, 2.75) is 54.6 Å². The smallest absolute Gasteiger partial charge is 0.311 e. The van der Waals surface area contributed by atoms with Gasteiger partial charge in [-0.05, 0) is 32.8 Å². The number of carbonyl (C=O) groups is 2. The van der Waals surface area contributed by atoms with Gasteiger partial charge in [0.25, 0.3) is 0 Å². The fourth-order valence-corrected chi connectivity index (χ4v) is 1.67. The van der Waals surface area contributed by atoms with E-state index in [1.54, 1.807) is 12.1 Å². The van der Waals surface area contributed by atoms with E-state index >= 15 is 0 Å². The van der Waals surface area contributed by atoms with Gasteiger partial charge >= 0.3 is 5.97 Å². The van der Waals surface area contributed by atoms with Crippen LogP contribution in [0, 0.1) is 10.8 Å². The van der Waals surface area contributed by atoms with Crippen molar-refractivity contribution in [3.8, 4) is 0 Å². The van der Waals surface area contributed by atoms with Crippen molar-refractivity contribution in [1.29, 1.82) is 0 Å². The summed E-state index contributed by atoms with van der Waals surface area (Å²) in [6.07, 6.45) is 0.802. The molecule has 1 aromatic rings. The monoisotopic (exact) mass is 290 g/mol. The Bertz CT molecular complexity index is 504. The number of benzene rings is 1. The van der Waals surface area contributed by atoms with Crippen LogP contribution in [0.15, 0.2) is 24.3 Å². The molecule has 0 saturated heterocycles. The zero-order chi connectivity index (χ0) is 16.3. The molecule has 0 fully saturated rings. The third-order valence-corrected chi connectivity index (χ3v) is 3.70. The van der Waals surface area contributed by atoms with E-state index < -0.39 is 5.41 Å². The molecule has 0 saturated carbocycles. The molecule has 116 valence electrons. The van der Waals surface area contributed by atoms with Crippen LogP contribution in [0.5, 0.6) is 0 Å². The van der Waals surface area contributed by atoms with E-state index in [9.17, 15) is 9.59 Å². The molecule has 0 N–H and O–H groups in total. The molecule has 1 aromatic carbocycles. The first-order valence-electron chi connectivity index (χ1n) is 7.39. The van der Waals surface area contributed by atoms with Gasteiger partial charge in [0.1, 0.15) is 6.61 Å². The molecule has 0 aliphatic carbocycles. The van der Waals surface area contributed by atoms with Crippen LogP contribution in [0.25, 0.3) is 0 Å². The van der Waals surface area contributed by atoms with Gasteiger partial charge in [-0.15, -0.1) is 0 Å². The van der Waals surface area contributed by atoms with Crippen molar-refractivity contribution in [3.05, 3.63) is 35.4 Å². The third-order valence-electron chi connectivity index (χ3n) is 3.70. The van der Waals surface area contributed by atoms with Crippen molar-refractivity contribution in [2.24, 2.45) is 10.8 Å². The lowest BCUT2D eigenvalue weighted by atomic mass is 9.82. The molecule has 0 heterocycles. The molecule has 21 heavy (non-hydrogen) atoms. The fourth-order valence-electron chi connectivity index (χ4n) is 1.67. The summed E-state index contributed by atoms with van der Waals surface area (Å²) in [7, 11) is 0. The van der Waals surface area contributed by atoms with Crippen LogP contribution in [0.1, 0.15) is 63.9 Å². The Balaban J connectivity index is 2.71. The molecular weight excluding hydrogens is 264 g/mol. The van der Waals surface area contributed by atoms with Gasteiger partial charge in [-0.2, -0.15) is 0 Å². The van der Waals surface area contributed by atoms with E-state index in [4.69, 9.17) is 4.74 Å². The molecule has 0 amide bonds. The second kappa shape index (κ2) is 6.42. The number of esters is 1. The molecule has 0 spiro atoms. The van der Waals surface area contributed by atoms with Crippen LogP contribution in [0.2, 0.25) is 0 Å². The van der Waals surface area contributed by atoms with Gasteiger partial charge in [0.05, 0.1) is 5.41 Å². The van der Waals surface area contributed by atoms with Crippen molar-refractivity contribution in [2.75, 3.05) is 0 Å². The molecule has 0 atom stereocenters. The Kier molecular flexibility index (Phi) is 5.32. The molecule has 0 aliphatic heterocycles. The van der Waals surface area contributed by atoms with E-state index in [1.165, 1.54) is 0 Å². The number of hydrogen-bond donors (Lipinski definition) is 0. The maximum absolute atomic E-state index is 12.3. The molecule has 0 aliphatic rings. The normalized spacial score (nSPS) is 12.1. The summed E-state index contributed by atoms with van der Waals surface area (Å²) in [5.74, 6) is -0.0852. The lowest BCUT2D eigenvalue weighted by Gasteiger charge is -2.21. The largest absolute Gasteiger partial charge is 0.460 e. The van der Waals surface area contributed by atoms with Gasteiger partial charge in [0.15, 0.2) is 5.78 Å². The second-order valence-corrected chi connectivity index (χ2v) is 7.09. The van der Waals surface area contributed by atoms with Crippen LogP contribution in [-0.4, -0.2) is 11.8 Å². The Labute approximate surface area is 127 Å². The van der Waals surface area contributed by atoms with Crippen LogP contribution in [-0.2, 0) is 16.1 Å². The highest BCUT2D eigenvalue weighted by atomic mass is 16.5. The maximum Gasteiger partial charge on any atom is 0.311 e. The lowest BCUT2D eigenvalue weighted by molar-refractivity contribution is -0.154. The Morgan fingerprint density at radius 1 is 1.00 bits per heavy atom. The van der Waals surface area contributed by atoms with Gasteiger partial charge in [0, 0.05) is 11.0 Å². The summed E-state index contributed by atoms with van der Waals surface area (Å²) >= 11 is 0. The lowest BCUT2D eigenvalue weighted by Crippen LogP contribution is -2.23. The molecule has 0 bridgehead atoms. The zero-order valence-corrected chi connectivity index (χ0v) is 13.9. The fraction of sp³-hybridized carbons (Fsp3) is 0.556. The molecule has 3 nitrogen and oxygen atoms in total. The maximum atomic E-state index is 12.3. The number of ether oxygens (including phenoxy) is 1. The summed E-state index contributed by atoms with van der Waals surface area (Å²) < 4.78 is 5.26. The van der Waals surface area contributed by atoms with Gasteiger partial charge in [-0.25, -0.2) is 0 Å². The van der Waals surface area contributed by atoms with E-state index in [0.29, 0.717) is 5.56 Å². The van der Waals surface area contributed by atoms with E-state index in [2.05, 4.69) is 0 Å².